The van der Waals surface area contributed by atoms with Gasteiger partial charge in [-0.05, 0) is 37.0 Å². The van der Waals surface area contributed by atoms with Gasteiger partial charge in [-0.25, -0.2) is 4.98 Å². The predicted molar refractivity (Wildman–Crippen MR) is 92.8 cm³/mol. The monoisotopic (exact) mass is 330 g/mol. The van der Waals surface area contributed by atoms with Crippen molar-refractivity contribution in [3.05, 3.63) is 41.2 Å². The van der Waals surface area contributed by atoms with Gasteiger partial charge in [-0.3, -0.25) is 4.79 Å². The van der Waals surface area contributed by atoms with E-state index in [0.29, 0.717) is 6.54 Å². The molecule has 122 valence electrons. The molecule has 1 fully saturated rings. The van der Waals surface area contributed by atoms with Crippen molar-refractivity contribution in [3.8, 4) is 0 Å². The van der Waals surface area contributed by atoms with E-state index in [1.807, 2.05) is 36.1 Å². The molecule has 1 aromatic carbocycles. The fourth-order valence-corrected chi connectivity index (χ4v) is 3.34. The fourth-order valence-electron chi connectivity index (χ4n) is 2.69. The molecule has 1 amide bonds. The van der Waals surface area contributed by atoms with Gasteiger partial charge in [0.15, 0.2) is 0 Å². The van der Waals surface area contributed by atoms with Crippen LogP contribution in [0.4, 0.5) is 5.13 Å². The van der Waals surface area contributed by atoms with Crippen LogP contribution in [-0.2, 0) is 13.0 Å². The minimum absolute atomic E-state index is 0.154. The van der Waals surface area contributed by atoms with Gasteiger partial charge in [0.25, 0.3) is 5.91 Å². The van der Waals surface area contributed by atoms with Crippen LogP contribution in [0.15, 0.2) is 24.3 Å². The Kier molecular flexibility index (Phi) is 5.23. The number of hydrogen-bond acceptors (Lipinski definition) is 5. The van der Waals surface area contributed by atoms with Crippen LogP contribution in [0.3, 0.4) is 0 Å². The van der Waals surface area contributed by atoms with Crippen molar-refractivity contribution in [3.63, 3.8) is 0 Å². The molecule has 0 saturated carbocycles. The number of likely N-dealkylation sites (tertiary alicyclic amines) is 1. The van der Waals surface area contributed by atoms with Crippen molar-refractivity contribution in [2.75, 3.05) is 18.4 Å². The molecule has 0 aliphatic carbocycles. The lowest BCUT2D eigenvalue weighted by Gasteiger charge is -2.26. The summed E-state index contributed by atoms with van der Waals surface area (Å²) in [6, 6.07) is 7.86. The molecule has 3 rings (SSSR count). The Morgan fingerprint density at radius 2 is 1.96 bits per heavy atom. The van der Waals surface area contributed by atoms with Gasteiger partial charge in [0, 0.05) is 43.2 Å². The zero-order chi connectivity index (χ0) is 16.1. The highest BCUT2D eigenvalue weighted by Crippen LogP contribution is 2.16. The van der Waals surface area contributed by atoms with Crippen molar-refractivity contribution < 1.29 is 4.79 Å². The van der Waals surface area contributed by atoms with Crippen LogP contribution in [0.5, 0.6) is 0 Å². The number of aromatic nitrogens is 2. The minimum atomic E-state index is 0.154. The molecule has 6 heteroatoms. The molecule has 23 heavy (non-hydrogen) atoms. The maximum Gasteiger partial charge on any atom is 0.253 e. The van der Waals surface area contributed by atoms with Crippen LogP contribution in [0.1, 0.15) is 47.9 Å². The summed E-state index contributed by atoms with van der Waals surface area (Å²) in [6.45, 7) is 4.51. The molecule has 0 atom stereocenters. The van der Waals surface area contributed by atoms with E-state index in [4.69, 9.17) is 0 Å². The molecule has 0 bridgehead atoms. The van der Waals surface area contributed by atoms with Crippen molar-refractivity contribution in [2.45, 2.75) is 39.2 Å². The van der Waals surface area contributed by atoms with Crippen molar-refractivity contribution in [2.24, 2.45) is 0 Å². The molecule has 1 saturated heterocycles. The summed E-state index contributed by atoms with van der Waals surface area (Å²) < 4.78 is 4.25. The van der Waals surface area contributed by atoms with Gasteiger partial charge in [0.2, 0.25) is 5.13 Å². The second-order valence-corrected chi connectivity index (χ2v) is 6.52. The molecule has 1 N–H and O–H groups in total. The molecule has 0 spiro atoms. The number of piperidine rings is 1. The molecule has 2 aromatic rings. The highest BCUT2D eigenvalue weighted by molar-refractivity contribution is 7.09. The Hall–Kier alpha value is -1.95. The lowest BCUT2D eigenvalue weighted by atomic mass is 10.1. The first kappa shape index (κ1) is 15.9. The first-order valence-corrected chi connectivity index (χ1v) is 8.98. The van der Waals surface area contributed by atoms with Gasteiger partial charge in [0.05, 0.1) is 0 Å². The van der Waals surface area contributed by atoms with E-state index in [0.717, 1.165) is 54.4 Å². The van der Waals surface area contributed by atoms with E-state index >= 15 is 0 Å². The topological polar surface area (TPSA) is 58.1 Å². The highest BCUT2D eigenvalue weighted by Gasteiger charge is 2.17. The van der Waals surface area contributed by atoms with Crippen LogP contribution in [0.25, 0.3) is 0 Å². The van der Waals surface area contributed by atoms with E-state index < -0.39 is 0 Å². The summed E-state index contributed by atoms with van der Waals surface area (Å²) in [5.74, 6) is 1.03. The minimum Gasteiger partial charge on any atom is -0.356 e. The van der Waals surface area contributed by atoms with Gasteiger partial charge in [-0.1, -0.05) is 19.1 Å². The van der Waals surface area contributed by atoms with Crippen LogP contribution in [0.2, 0.25) is 0 Å². The summed E-state index contributed by atoms with van der Waals surface area (Å²) >= 11 is 1.39. The van der Waals surface area contributed by atoms with Crippen molar-refractivity contribution in [1.29, 1.82) is 0 Å². The number of nitrogens with one attached hydrogen (secondary N) is 1. The average molecular weight is 330 g/mol. The van der Waals surface area contributed by atoms with Gasteiger partial charge in [-0.15, -0.1) is 0 Å². The molecule has 1 aromatic heterocycles. The second-order valence-electron chi connectivity index (χ2n) is 5.77. The zero-order valence-corrected chi connectivity index (χ0v) is 14.2. The molecule has 0 radical (unpaired) electrons. The Balaban J connectivity index is 1.57. The van der Waals surface area contributed by atoms with Gasteiger partial charge < -0.3 is 10.2 Å². The number of carbonyl (C=O) groups excluding carboxylic acids is 1. The number of carbonyl (C=O) groups is 1. The SMILES string of the molecule is CCc1nsc(NCc2ccc(C(=O)N3CCCCC3)cc2)n1. The van der Waals surface area contributed by atoms with Crippen LogP contribution >= 0.6 is 11.5 Å². The standard InChI is InChI=1S/C17H22N4OS/c1-2-15-19-17(23-20-15)18-12-13-6-8-14(9-7-13)16(22)21-10-4-3-5-11-21/h6-9H,2-5,10-12H2,1H3,(H,18,19,20). The summed E-state index contributed by atoms with van der Waals surface area (Å²) in [5, 5.41) is 4.12. The number of benzene rings is 1. The normalized spacial score (nSPS) is 14.7. The van der Waals surface area contributed by atoms with E-state index in [9.17, 15) is 4.79 Å². The third kappa shape index (κ3) is 4.07. The summed E-state index contributed by atoms with van der Waals surface area (Å²) in [5.41, 5.74) is 1.91. The zero-order valence-electron chi connectivity index (χ0n) is 13.4. The van der Waals surface area contributed by atoms with E-state index in [1.165, 1.54) is 18.0 Å². The van der Waals surface area contributed by atoms with Crippen LogP contribution < -0.4 is 5.32 Å². The number of amides is 1. The maximum atomic E-state index is 12.4. The molecule has 2 heterocycles. The molecule has 1 aliphatic rings. The first-order valence-electron chi connectivity index (χ1n) is 8.21. The molecular weight excluding hydrogens is 308 g/mol. The molecule has 1 aliphatic heterocycles. The lowest BCUT2D eigenvalue weighted by molar-refractivity contribution is 0.0724. The Labute approximate surface area is 140 Å². The quantitative estimate of drug-likeness (QED) is 0.913. The predicted octanol–water partition coefficient (Wildman–Crippen LogP) is 3.34. The van der Waals surface area contributed by atoms with Gasteiger partial charge in [0.1, 0.15) is 5.82 Å². The third-order valence-electron chi connectivity index (χ3n) is 4.07. The first-order chi connectivity index (χ1) is 11.3. The van der Waals surface area contributed by atoms with Crippen molar-refractivity contribution in [1.82, 2.24) is 14.3 Å². The Morgan fingerprint density at radius 1 is 1.22 bits per heavy atom. The number of hydrogen-bond donors (Lipinski definition) is 1. The number of aryl methyl sites for hydroxylation is 1. The Morgan fingerprint density at radius 3 is 2.61 bits per heavy atom. The molecule has 0 unspecified atom stereocenters. The largest absolute Gasteiger partial charge is 0.356 e. The van der Waals surface area contributed by atoms with E-state index in [2.05, 4.69) is 14.7 Å². The summed E-state index contributed by atoms with van der Waals surface area (Å²) in [4.78, 5) is 18.8. The van der Waals surface area contributed by atoms with Gasteiger partial charge in [-0.2, -0.15) is 4.37 Å². The third-order valence-corrected chi connectivity index (χ3v) is 4.78. The molecular formula is C17H22N4OS. The van der Waals surface area contributed by atoms with Crippen LogP contribution in [0, 0.1) is 0 Å². The lowest BCUT2D eigenvalue weighted by Crippen LogP contribution is -2.35. The molecule has 5 nitrogen and oxygen atoms in total. The van der Waals surface area contributed by atoms with E-state index in [-0.39, 0.29) is 5.91 Å². The smallest absolute Gasteiger partial charge is 0.253 e. The number of rotatable bonds is 5. The summed E-state index contributed by atoms with van der Waals surface area (Å²) in [6.07, 6.45) is 4.33. The second kappa shape index (κ2) is 7.55. The summed E-state index contributed by atoms with van der Waals surface area (Å²) in [7, 11) is 0. The van der Waals surface area contributed by atoms with Crippen LogP contribution in [-0.4, -0.2) is 33.3 Å². The fraction of sp³-hybridized carbons (Fsp3) is 0.471. The number of anilines is 1. The average Bonchev–Trinajstić information content (AvgIpc) is 3.09. The van der Waals surface area contributed by atoms with Gasteiger partial charge >= 0.3 is 0 Å². The number of nitrogens with zero attached hydrogens (tertiary/aromatic N) is 3. The maximum absolute atomic E-state index is 12.4. The Bertz CT molecular complexity index is 647. The van der Waals surface area contributed by atoms with Crippen molar-refractivity contribution >= 4 is 22.6 Å². The van der Waals surface area contributed by atoms with E-state index in [1.54, 1.807) is 0 Å². The highest BCUT2D eigenvalue weighted by atomic mass is 32.1.